The van der Waals surface area contributed by atoms with Crippen molar-refractivity contribution >= 4 is 57.0 Å². The van der Waals surface area contributed by atoms with Crippen molar-refractivity contribution in [3.8, 4) is 0 Å². The molecule has 1 amide bonds. The summed E-state index contributed by atoms with van der Waals surface area (Å²) in [6, 6.07) is 9.71. The number of carbonyl (C=O) groups is 1. The second-order valence-corrected chi connectivity index (χ2v) is 6.94. The molecule has 0 aliphatic carbocycles. The first-order valence-corrected chi connectivity index (χ1v) is 8.79. The van der Waals surface area contributed by atoms with Gasteiger partial charge in [-0.2, -0.15) is 4.99 Å². The lowest BCUT2D eigenvalue weighted by atomic mass is 10.2. The summed E-state index contributed by atoms with van der Waals surface area (Å²) in [5, 5.41) is 3.56. The minimum Gasteiger partial charge on any atom is -0.289 e. The summed E-state index contributed by atoms with van der Waals surface area (Å²) in [6.07, 6.45) is 5.17. The molecule has 0 atom stereocenters. The molecule has 7 heteroatoms. The maximum atomic E-state index is 12.3. The summed E-state index contributed by atoms with van der Waals surface area (Å²) in [4.78, 5) is 22.8. The lowest BCUT2D eigenvalue weighted by molar-refractivity contribution is -0.121. The van der Waals surface area contributed by atoms with E-state index in [4.69, 9.17) is 11.6 Å². The zero-order valence-electron chi connectivity index (χ0n) is 12.1. The first-order valence-electron chi connectivity index (χ1n) is 6.71. The molecule has 0 spiro atoms. The molecule has 2 aromatic rings. The number of likely N-dealkylation sites (N-methyl/N-ethyl adjacent to an activating group) is 1. The molecule has 0 bridgehead atoms. The Balaban J connectivity index is 1.83. The van der Waals surface area contributed by atoms with Gasteiger partial charge in [-0.3, -0.25) is 9.69 Å². The lowest BCUT2D eigenvalue weighted by Crippen LogP contribution is -2.23. The average molecular weight is 362 g/mol. The molecule has 1 fully saturated rings. The van der Waals surface area contributed by atoms with Crippen LogP contribution in [0.25, 0.3) is 6.08 Å². The molecular formula is C16H12ClN3OS2. The van der Waals surface area contributed by atoms with Crippen molar-refractivity contribution in [2.24, 2.45) is 4.99 Å². The number of halogens is 1. The van der Waals surface area contributed by atoms with Crippen LogP contribution in [0.5, 0.6) is 0 Å². The predicted octanol–water partition coefficient (Wildman–Crippen LogP) is 4.50. The number of thiazole rings is 1. The number of benzene rings is 1. The Morgan fingerprint density at radius 2 is 2.13 bits per heavy atom. The van der Waals surface area contributed by atoms with Crippen molar-refractivity contribution in [3.63, 3.8) is 0 Å². The maximum absolute atomic E-state index is 12.3. The largest absolute Gasteiger partial charge is 0.289 e. The van der Waals surface area contributed by atoms with Gasteiger partial charge in [0, 0.05) is 23.7 Å². The number of carbonyl (C=O) groups excluding carboxylic acids is 1. The summed E-state index contributed by atoms with van der Waals surface area (Å²) < 4.78 is 0. The maximum Gasteiger partial charge on any atom is 0.266 e. The summed E-state index contributed by atoms with van der Waals surface area (Å²) in [5.41, 5.74) is 0.981. The van der Waals surface area contributed by atoms with Crippen LogP contribution in [0.4, 0.5) is 5.13 Å². The number of aromatic nitrogens is 1. The highest BCUT2D eigenvalue weighted by Gasteiger charge is 2.30. The number of aliphatic imine (C=N–C) groups is 1. The fraction of sp³-hybridized carbons (Fsp3) is 0.0625. The van der Waals surface area contributed by atoms with E-state index < -0.39 is 0 Å². The van der Waals surface area contributed by atoms with Gasteiger partial charge < -0.3 is 0 Å². The molecule has 1 aromatic carbocycles. The Labute approximate surface area is 147 Å². The second-order valence-electron chi connectivity index (χ2n) is 4.62. The molecule has 1 aliphatic heterocycles. The normalized spacial score (nSPS) is 19.1. The number of allylic oxidation sites excluding steroid dienone is 2. The molecule has 0 unspecified atom stereocenters. The predicted molar refractivity (Wildman–Crippen MR) is 97.9 cm³/mol. The van der Waals surface area contributed by atoms with E-state index in [2.05, 4.69) is 9.98 Å². The fourth-order valence-electron chi connectivity index (χ4n) is 1.88. The van der Waals surface area contributed by atoms with Crippen molar-refractivity contribution in [2.45, 2.75) is 0 Å². The Kier molecular flexibility index (Phi) is 4.95. The number of rotatable bonds is 3. The van der Waals surface area contributed by atoms with Gasteiger partial charge >= 0.3 is 0 Å². The van der Waals surface area contributed by atoms with E-state index in [1.807, 2.05) is 41.8 Å². The molecule has 2 heterocycles. The van der Waals surface area contributed by atoms with Gasteiger partial charge in [-0.1, -0.05) is 41.9 Å². The highest BCUT2D eigenvalue weighted by atomic mass is 35.5. The van der Waals surface area contributed by atoms with E-state index in [1.165, 1.54) is 28.0 Å². The summed E-state index contributed by atoms with van der Waals surface area (Å²) >= 11 is 8.97. The fourth-order valence-corrected chi connectivity index (χ4v) is 3.70. The molecular weight excluding hydrogens is 350 g/mol. The lowest BCUT2D eigenvalue weighted by Gasteiger charge is -2.05. The molecule has 3 rings (SSSR count). The molecule has 1 aromatic heterocycles. The van der Waals surface area contributed by atoms with Crippen molar-refractivity contribution in [1.29, 1.82) is 0 Å². The number of amides is 1. The SMILES string of the molecule is CN1C(=O)/C(=C/C(Cl)=C/c2ccccc2)S/C1=N/c1nccs1. The Bertz CT molecular complexity index is 798. The van der Waals surface area contributed by atoms with Crippen LogP contribution >= 0.6 is 34.7 Å². The second kappa shape index (κ2) is 7.12. The van der Waals surface area contributed by atoms with E-state index in [0.717, 1.165) is 5.56 Å². The standard InChI is InChI=1S/C16H12ClN3OS2/c1-20-14(21)13(23-16(20)19-15-18-7-8-22-15)10-12(17)9-11-5-3-2-4-6-11/h2-10H,1H3/b12-9-,13-10-,19-16+. The highest BCUT2D eigenvalue weighted by molar-refractivity contribution is 8.18. The third-order valence-electron chi connectivity index (χ3n) is 2.99. The zero-order chi connectivity index (χ0) is 16.2. The average Bonchev–Trinajstić information content (AvgIpc) is 3.14. The van der Waals surface area contributed by atoms with Crippen LogP contribution in [0, 0.1) is 0 Å². The van der Waals surface area contributed by atoms with Crippen LogP contribution in [-0.2, 0) is 4.79 Å². The van der Waals surface area contributed by atoms with Gasteiger partial charge in [0.1, 0.15) is 0 Å². The number of hydrogen-bond acceptors (Lipinski definition) is 5. The van der Waals surface area contributed by atoms with E-state index >= 15 is 0 Å². The Morgan fingerprint density at radius 1 is 1.35 bits per heavy atom. The summed E-state index contributed by atoms with van der Waals surface area (Å²) in [5.74, 6) is -0.120. The number of thioether (sulfide) groups is 1. The van der Waals surface area contributed by atoms with E-state index in [9.17, 15) is 4.79 Å². The molecule has 4 nitrogen and oxygen atoms in total. The Morgan fingerprint density at radius 3 is 2.83 bits per heavy atom. The number of nitrogens with zero attached hydrogens (tertiary/aromatic N) is 3. The molecule has 116 valence electrons. The van der Waals surface area contributed by atoms with Crippen LogP contribution in [0.3, 0.4) is 0 Å². The highest BCUT2D eigenvalue weighted by Crippen LogP contribution is 2.33. The van der Waals surface area contributed by atoms with Gasteiger partial charge in [-0.25, -0.2) is 4.98 Å². The van der Waals surface area contributed by atoms with Crippen LogP contribution in [0.15, 0.2) is 62.9 Å². The molecule has 0 saturated carbocycles. The van der Waals surface area contributed by atoms with Crippen molar-refractivity contribution < 1.29 is 4.79 Å². The van der Waals surface area contributed by atoms with E-state index in [-0.39, 0.29) is 5.91 Å². The first-order chi connectivity index (χ1) is 11.1. The van der Waals surface area contributed by atoms with Crippen molar-refractivity contribution in [1.82, 2.24) is 9.88 Å². The van der Waals surface area contributed by atoms with E-state index in [1.54, 1.807) is 19.3 Å². The third kappa shape index (κ3) is 3.90. The molecule has 1 saturated heterocycles. The molecule has 1 aliphatic rings. The first kappa shape index (κ1) is 16.0. The van der Waals surface area contributed by atoms with Gasteiger partial charge in [0.25, 0.3) is 5.91 Å². The van der Waals surface area contributed by atoms with Gasteiger partial charge in [0.15, 0.2) is 5.17 Å². The van der Waals surface area contributed by atoms with Gasteiger partial charge in [-0.15, -0.1) is 11.3 Å². The third-order valence-corrected chi connectivity index (χ3v) is 4.93. The van der Waals surface area contributed by atoms with E-state index in [0.29, 0.717) is 20.2 Å². The van der Waals surface area contributed by atoms with Gasteiger partial charge in [-0.05, 0) is 29.5 Å². The monoisotopic (exact) mass is 361 g/mol. The minimum absolute atomic E-state index is 0.120. The number of hydrogen-bond donors (Lipinski definition) is 0. The van der Waals surface area contributed by atoms with Crippen LogP contribution in [0.2, 0.25) is 0 Å². The Hall–Kier alpha value is -1.89. The van der Waals surface area contributed by atoms with Gasteiger partial charge in [0.2, 0.25) is 5.13 Å². The number of amidine groups is 1. The van der Waals surface area contributed by atoms with Crippen LogP contribution in [-0.4, -0.2) is 28.0 Å². The van der Waals surface area contributed by atoms with Crippen LogP contribution in [0.1, 0.15) is 5.56 Å². The smallest absolute Gasteiger partial charge is 0.266 e. The zero-order valence-corrected chi connectivity index (χ0v) is 14.5. The quantitative estimate of drug-likeness (QED) is 0.756. The minimum atomic E-state index is -0.120. The molecule has 0 radical (unpaired) electrons. The molecule has 0 N–H and O–H groups in total. The summed E-state index contributed by atoms with van der Waals surface area (Å²) in [7, 11) is 1.69. The van der Waals surface area contributed by atoms with Crippen molar-refractivity contribution in [2.75, 3.05) is 7.05 Å². The molecule has 23 heavy (non-hydrogen) atoms. The summed E-state index contributed by atoms with van der Waals surface area (Å²) in [6.45, 7) is 0. The topological polar surface area (TPSA) is 45.6 Å². The van der Waals surface area contributed by atoms with Crippen LogP contribution < -0.4 is 0 Å². The van der Waals surface area contributed by atoms with Crippen molar-refractivity contribution in [3.05, 3.63) is 63.5 Å². The van der Waals surface area contributed by atoms with Gasteiger partial charge in [0.05, 0.1) is 4.91 Å².